The minimum atomic E-state index is 0.749. The number of benzene rings is 1. The van der Waals surface area contributed by atoms with Gasteiger partial charge in [0.05, 0.1) is 11.0 Å². The third-order valence-corrected chi connectivity index (χ3v) is 4.09. The molecule has 5 nitrogen and oxygen atoms in total. The van der Waals surface area contributed by atoms with Crippen LogP contribution in [0, 0.1) is 8.34 Å². The third kappa shape index (κ3) is 2.44. The molecule has 1 aromatic carbocycles. The van der Waals surface area contributed by atoms with Crippen molar-refractivity contribution in [1.29, 1.82) is 0 Å². The average Bonchev–Trinajstić information content (AvgIpc) is 2.90. The number of fused-ring (bicyclic) bond motifs is 1. The highest BCUT2D eigenvalue weighted by Crippen LogP contribution is 2.17. The first kappa shape index (κ1) is 12.8. The highest BCUT2D eigenvalue weighted by molar-refractivity contribution is 14.1. The van der Waals surface area contributed by atoms with Gasteiger partial charge in [0, 0.05) is 23.6 Å². The Morgan fingerprint density at radius 3 is 3.00 bits per heavy atom. The van der Waals surface area contributed by atoms with Crippen molar-refractivity contribution < 1.29 is 0 Å². The molecule has 1 N–H and O–H groups in total. The molecule has 0 saturated carbocycles. The van der Waals surface area contributed by atoms with Crippen LogP contribution in [0.4, 0.5) is 0 Å². The maximum Gasteiger partial charge on any atom is 0.178 e. The van der Waals surface area contributed by atoms with E-state index in [1.54, 1.807) is 6.33 Å². The summed E-state index contributed by atoms with van der Waals surface area (Å²) in [6, 6.07) is 6.29. The summed E-state index contributed by atoms with van der Waals surface area (Å²) in [5.41, 5.74) is 2.21. The molecule has 0 aliphatic heterocycles. The van der Waals surface area contributed by atoms with Crippen molar-refractivity contribution in [2.24, 2.45) is 7.05 Å². The topological polar surface area (TPSA) is 51.4 Å². The highest BCUT2D eigenvalue weighted by atomic mass is 127. The summed E-state index contributed by atoms with van der Waals surface area (Å²) in [6.45, 7) is 0.798. The molecule has 0 fully saturated rings. The Morgan fingerprint density at radius 1 is 1.42 bits per heavy atom. The summed E-state index contributed by atoms with van der Waals surface area (Å²) in [5.74, 6) is 0.960. The van der Waals surface area contributed by atoms with Crippen LogP contribution in [0.3, 0.4) is 0 Å². The maximum atomic E-state index is 5.39. The van der Waals surface area contributed by atoms with E-state index in [0.29, 0.717) is 0 Å². The first-order valence-electron chi connectivity index (χ1n) is 5.86. The van der Waals surface area contributed by atoms with Crippen molar-refractivity contribution in [2.75, 3.05) is 0 Å². The lowest BCUT2D eigenvalue weighted by Crippen LogP contribution is -2.05. The second-order valence-electron chi connectivity index (χ2n) is 4.35. The van der Waals surface area contributed by atoms with Crippen LogP contribution in [0.25, 0.3) is 11.0 Å². The monoisotopic (exact) mass is 385 g/mol. The van der Waals surface area contributed by atoms with Crippen LogP contribution in [-0.4, -0.2) is 24.3 Å². The number of nitrogens with one attached hydrogen (secondary N) is 1. The van der Waals surface area contributed by atoms with Gasteiger partial charge >= 0.3 is 0 Å². The Hall–Kier alpha value is -1.22. The van der Waals surface area contributed by atoms with Crippen molar-refractivity contribution in [3.05, 3.63) is 38.7 Å². The van der Waals surface area contributed by atoms with Gasteiger partial charge in [-0.25, -0.2) is 0 Å². The molecule has 0 aliphatic carbocycles. The zero-order valence-corrected chi connectivity index (χ0v) is 13.3. The molecule has 0 unspecified atom stereocenters. The molecular formula is C12H12IN5S. The smallest absolute Gasteiger partial charge is 0.178 e. The standard InChI is InChI=1S/C12H12IN5S/c1-17-7-14-16-11(17)4-5-18-10-3-2-8(13)6-9(10)15-12(18)19/h2-3,6-7H,4-5H2,1H3,(H,15,19). The Morgan fingerprint density at radius 2 is 2.26 bits per heavy atom. The summed E-state index contributed by atoms with van der Waals surface area (Å²) in [5, 5.41) is 7.98. The molecule has 19 heavy (non-hydrogen) atoms. The van der Waals surface area contributed by atoms with Gasteiger partial charge in [0.2, 0.25) is 0 Å². The summed E-state index contributed by atoms with van der Waals surface area (Å²) in [6.07, 6.45) is 2.52. The van der Waals surface area contributed by atoms with Crippen molar-refractivity contribution in [3.8, 4) is 0 Å². The van der Waals surface area contributed by atoms with Crippen molar-refractivity contribution in [3.63, 3.8) is 0 Å². The molecule has 0 aliphatic rings. The van der Waals surface area contributed by atoms with Crippen LogP contribution in [-0.2, 0) is 20.0 Å². The highest BCUT2D eigenvalue weighted by Gasteiger charge is 2.07. The molecule has 2 heterocycles. The number of rotatable bonds is 3. The number of imidazole rings is 1. The minimum Gasteiger partial charge on any atom is -0.331 e. The second kappa shape index (κ2) is 5.04. The number of nitrogens with zero attached hydrogens (tertiary/aromatic N) is 4. The fourth-order valence-electron chi connectivity index (χ4n) is 2.10. The molecule has 2 aromatic heterocycles. The molecule has 3 aromatic rings. The number of aromatic nitrogens is 5. The summed E-state index contributed by atoms with van der Waals surface area (Å²) in [7, 11) is 1.95. The molecule has 98 valence electrons. The van der Waals surface area contributed by atoms with E-state index in [2.05, 4.69) is 60.5 Å². The predicted molar refractivity (Wildman–Crippen MR) is 84.5 cm³/mol. The second-order valence-corrected chi connectivity index (χ2v) is 5.98. The number of halogens is 1. The summed E-state index contributed by atoms with van der Waals surface area (Å²) in [4.78, 5) is 3.24. The van der Waals surface area contributed by atoms with Gasteiger partial charge in [-0.1, -0.05) is 0 Å². The number of hydrogen-bond acceptors (Lipinski definition) is 3. The van der Waals surface area contributed by atoms with Gasteiger partial charge in [0.25, 0.3) is 0 Å². The molecule has 0 saturated heterocycles. The minimum absolute atomic E-state index is 0.749. The van der Waals surface area contributed by atoms with Gasteiger partial charge in [-0.05, 0) is 53.0 Å². The number of hydrogen-bond donors (Lipinski definition) is 1. The molecule has 0 atom stereocenters. The fraction of sp³-hybridized carbons (Fsp3) is 0.250. The van der Waals surface area contributed by atoms with E-state index < -0.39 is 0 Å². The van der Waals surface area contributed by atoms with Crippen molar-refractivity contribution >= 4 is 45.8 Å². The number of aromatic amines is 1. The van der Waals surface area contributed by atoms with E-state index in [1.165, 1.54) is 3.57 Å². The Kier molecular flexibility index (Phi) is 3.40. The number of H-pyrrole nitrogens is 1. The Bertz CT molecular complexity index is 785. The average molecular weight is 385 g/mol. The molecule has 0 bridgehead atoms. The quantitative estimate of drug-likeness (QED) is 0.557. The van der Waals surface area contributed by atoms with Crippen molar-refractivity contribution in [2.45, 2.75) is 13.0 Å². The van der Waals surface area contributed by atoms with Gasteiger partial charge in [-0.2, -0.15) is 0 Å². The molecule has 0 amide bonds. The largest absolute Gasteiger partial charge is 0.331 e. The molecule has 3 rings (SSSR count). The molecule has 0 spiro atoms. The van der Waals surface area contributed by atoms with Gasteiger partial charge in [0.15, 0.2) is 4.77 Å². The maximum absolute atomic E-state index is 5.39. The van der Waals surface area contributed by atoms with E-state index in [-0.39, 0.29) is 0 Å². The molecular weight excluding hydrogens is 373 g/mol. The Balaban J connectivity index is 1.95. The van der Waals surface area contributed by atoms with E-state index in [9.17, 15) is 0 Å². The van der Waals surface area contributed by atoms with Gasteiger partial charge in [0.1, 0.15) is 12.2 Å². The zero-order chi connectivity index (χ0) is 13.4. The van der Waals surface area contributed by atoms with Gasteiger partial charge in [-0.3, -0.25) is 0 Å². The predicted octanol–water partition coefficient (Wildman–Crippen LogP) is 2.67. The van der Waals surface area contributed by atoms with Crippen LogP contribution < -0.4 is 0 Å². The van der Waals surface area contributed by atoms with E-state index >= 15 is 0 Å². The number of aryl methyl sites for hydroxylation is 3. The summed E-state index contributed by atoms with van der Waals surface area (Å²) < 4.78 is 5.98. The van der Waals surface area contributed by atoms with Crippen LogP contribution in [0.5, 0.6) is 0 Å². The lowest BCUT2D eigenvalue weighted by Gasteiger charge is -2.04. The van der Waals surface area contributed by atoms with Crippen LogP contribution in [0.2, 0.25) is 0 Å². The lowest BCUT2D eigenvalue weighted by atomic mass is 10.3. The third-order valence-electron chi connectivity index (χ3n) is 3.10. The first-order valence-corrected chi connectivity index (χ1v) is 7.35. The van der Waals surface area contributed by atoms with Gasteiger partial charge < -0.3 is 14.1 Å². The SMILES string of the molecule is Cn1cnnc1CCn1c(=S)[nH]c2cc(I)ccc21. The summed E-state index contributed by atoms with van der Waals surface area (Å²) >= 11 is 7.68. The van der Waals surface area contributed by atoms with Crippen molar-refractivity contribution in [1.82, 2.24) is 24.3 Å². The van der Waals surface area contributed by atoms with Crippen LogP contribution in [0.15, 0.2) is 24.5 Å². The van der Waals surface area contributed by atoms with Gasteiger partial charge in [-0.15, -0.1) is 10.2 Å². The Labute approximate surface area is 128 Å². The van der Waals surface area contributed by atoms with Crippen LogP contribution in [0.1, 0.15) is 5.82 Å². The molecule has 7 heteroatoms. The zero-order valence-electron chi connectivity index (χ0n) is 10.3. The van der Waals surface area contributed by atoms with Crippen LogP contribution >= 0.6 is 34.8 Å². The first-order chi connectivity index (χ1) is 9.15. The molecule has 0 radical (unpaired) electrons. The van der Waals surface area contributed by atoms with E-state index in [0.717, 1.165) is 34.6 Å². The van der Waals surface area contributed by atoms with E-state index in [1.807, 2.05) is 11.6 Å². The lowest BCUT2D eigenvalue weighted by molar-refractivity contribution is 0.656. The fourth-order valence-corrected chi connectivity index (χ4v) is 2.89. The van der Waals surface area contributed by atoms with E-state index in [4.69, 9.17) is 12.2 Å². The normalized spacial score (nSPS) is 11.3.